The van der Waals surface area contributed by atoms with Gasteiger partial charge in [0, 0.05) is 0 Å². The Hall–Kier alpha value is -0.0600. The van der Waals surface area contributed by atoms with Crippen molar-refractivity contribution in [3.05, 3.63) is 0 Å². The van der Waals surface area contributed by atoms with Gasteiger partial charge in [0.1, 0.15) is 24.4 Å². The highest BCUT2D eigenvalue weighted by Gasteiger charge is 2.55. The van der Waals surface area contributed by atoms with E-state index < -0.39 is 40.1 Å². The zero-order chi connectivity index (χ0) is 10.6. The Kier molecular flexibility index (Phi) is 2.17. The summed E-state index contributed by atoms with van der Waals surface area (Å²) in [5.41, 5.74) is 0. The molecule has 0 N–H and O–H groups in total. The average molecular weight is 256 g/mol. The maximum absolute atomic E-state index is 11.1. The van der Waals surface area contributed by atoms with Crippen molar-refractivity contribution in [1.29, 1.82) is 0 Å². The molecule has 0 aromatic heterocycles. The van der Waals surface area contributed by atoms with Crippen LogP contribution in [0.5, 0.6) is 0 Å². The van der Waals surface area contributed by atoms with Gasteiger partial charge in [0.25, 0.3) is 0 Å². The van der Waals surface area contributed by atoms with E-state index in [-0.39, 0.29) is 6.10 Å². The smallest absolute Gasteiger partial charge is 0.262 e. The third-order valence-electron chi connectivity index (χ3n) is 2.65. The average Bonchev–Trinajstić information content (AvgIpc) is 2.62. The molecule has 1 aliphatic carbocycles. The van der Waals surface area contributed by atoms with Crippen molar-refractivity contribution in [2.45, 2.75) is 37.3 Å². The van der Waals surface area contributed by atoms with Crippen molar-refractivity contribution in [3.8, 4) is 0 Å². The summed E-state index contributed by atoms with van der Waals surface area (Å²) in [6.07, 6.45) is -1.23. The van der Waals surface area contributed by atoms with E-state index in [1.54, 1.807) is 0 Å². The Bertz CT molecular complexity index is 404. The highest BCUT2D eigenvalue weighted by atomic mass is 32.3. The maximum Gasteiger partial charge on any atom is 0.400 e. The molecule has 3 aliphatic rings. The molecule has 5 unspecified atom stereocenters. The van der Waals surface area contributed by atoms with Crippen LogP contribution < -0.4 is 0 Å². The highest BCUT2D eigenvalue weighted by molar-refractivity contribution is 7.82. The summed E-state index contributed by atoms with van der Waals surface area (Å²) in [6, 6.07) is 0. The summed E-state index contributed by atoms with van der Waals surface area (Å²) in [7, 11) is -3.92. The van der Waals surface area contributed by atoms with E-state index in [0.29, 0.717) is 12.8 Å². The molecule has 2 aliphatic heterocycles. The summed E-state index contributed by atoms with van der Waals surface area (Å²) < 4.78 is 52.4. The van der Waals surface area contributed by atoms with Gasteiger partial charge in [-0.25, -0.2) is 8.37 Å². The molecule has 1 saturated carbocycles. The number of fused-ring (bicyclic) bond motifs is 3. The van der Waals surface area contributed by atoms with Crippen LogP contribution in [0.1, 0.15) is 12.8 Å². The summed E-state index contributed by atoms with van der Waals surface area (Å²) in [6.45, 7) is 0. The highest BCUT2D eigenvalue weighted by Crippen LogP contribution is 2.39. The SMILES string of the molecule is O=S1OC2CCC3OS(=O)(=O)OC3C2O1. The standard InChI is InChI=1S/C6H8O7S2/c7-14-10-3-1-2-4-6(5(3)11-14)13-15(8,9)12-4/h3-6H,1-2H2. The Morgan fingerprint density at radius 2 is 1.73 bits per heavy atom. The predicted octanol–water partition coefficient (Wildman–Crippen LogP) is -0.828. The van der Waals surface area contributed by atoms with E-state index in [4.69, 9.17) is 16.7 Å². The molecule has 86 valence electrons. The Labute approximate surface area is 88.8 Å². The lowest BCUT2D eigenvalue weighted by atomic mass is 9.90. The second-order valence-electron chi connectivity index (χ2n) is 3.58. The van der Waals surface area contributed by atoms with Gasteiger partial charge in [0.2, 0.25) is 0 Å². The van der Waals surface area contributed by atoms with Crippen LogP contribution in [0.15, 0.2) is 0 Å². The lowest BCUT2D eigenvalue weighted by Crippen LogP contribution is -2.46. The molecule has 0 amide bonds. The lowest BCUT2D eigenvalue weighted by Gasteiger charge is -2.27. The zero-order valence-corrected chi connectivity index (χ0v) is 9.03. The van der Waals surface area contributed by atoms with E-state index in [0.717, 1.165) is 0 Å². The molecule has 2 heterocycles. The van der Waals surface area contributed by atoms with Gasteiger partial charge in [-0.15, -0.1) is 0 Å². The van der Waals surface area contributed by atoms with Gasteiger partial charge in [0.15, 0.2) is 0 Å². The van der Waals surface area contributed by atoms with Crippen molar-refractivity contribution in [2.24, 2.45) is 0 Å². The Balaban J connectivity index is 1.88. The van der Waals surface area contributed by atoms with Gasteiger partial charge >= 0.3 is 21.8 Å². The van der Waals surface area contributed by atoms with E-state index in [2.05, 4.69) is 0 Å². The van der Waals surface area contributed by atoms with Crippen LogP contribution in [0.3, 0.4) is 0 Å². The molecule has 0 aromatic carbocycles. The van der Waals surface area contributed by atoms with Crippen molar-refractivity contribution in [3.63, 3.8) is 0 Å². The van der Waals surface area contributed by atoms with Gasteiger partial charge in [-0.2, -0.15) is 12.6 Å². The van der Waals surface area contributed by atoms with Gasteiger partial charge in [-0.05, 0) is 12.8 Å². The van der Waals surface area contributed by atoms with E-state index in [1.807, 2.05) is 0 Å². The second-order valence-corrected chi connectivity index (χ2v) is 5.58. The number of hydrogen-bond donors (Lipinski definition) is 0. The van der Waals surface area contributed by atoms with Crippen molar-refractivity contribution in [1.82, 2.24) is 0 Å². The first-order valence-corrected chi connectivity index (χ1v) is 6.76. The molecule has 5 atom stereocenters. The Morgan fingerprint density at radius 3 is 2.53 bits per heavy atom. The van der Waals surface area contributed by atoms with Gasteiger partial charge in [-0.3, -0.25) is 8.37 Å². The van der Waals surface area contributed by atoms with Gasteiger partial charge in [0.05, 0.1) is 0 Å². The predicted molar refractivity (Wildman–Crippen MR) is 45.8 cm³/mol. The number of hydrogen-bond acceptors (Lipinski definition) is 7. The minimum absolute atomic E-state index is 0.371. The number of rotatable bonds is 0. The van der Waals surface area contributed by atoms with Crippen LogP contribution in [0.4, 0.5) is 0 Å². The normalized spacial score (nSPS) is 52.4. The summed E-state index contributed by atoms with van der Waals surface area (Å²) in [5.74, 6) is 0. The molecular formula is C6H8O7S2. The summed E-state index contributed by atoms with van der Waals surface area (Å²) >= 11 is -1.81. The summed E-state index contributed by atoms with van der Waals surface area (Å²) in [4.78, 5) is 0. The van der Waals surface area contributed by atoms with Gasteiger partial charge < -0.3 is 0 Å². The molecule has 0 bridgehead atoms. The molecule has 7 nitrogen and oxygen atoms in total. The minimum Gasteiger partial charge on any atom is -0.262 e. The first-order chi connectivity index (χ1) is 7.05. The van der Waals surface area contributed by atoms with Crippen molar-refractivity contribution < 1.29 is 29.4 Å². The van der Waals surface area contributed by atoms with E-state index in [9.17, 15) is 12.6 Å². The topological polar surface area (TPSA) is 88.1 Å². The molecule has 3 fully saturated rings. The van der Waals surface area contributed by atoms with Crippen molar-refractivity contribution in [2.75, 3.05) is 0 Å². The van der Waals surface area contributed by atoms with Crippen LogP contribution in [0, 0.1) is 0 Å². The molecular weight excluding hydrogens is 248 g/mol. The zero-order valence-electron chi connectivity index (χ0n) is 7.40. The largest absolute Gasteiger partial charge is 0.400 e. The lowest BCUT2D eigenvalue weighted by molar-refractivity contribution is -0.0190. The monoisotopic (exact) mass is 256 g/mol. The first kappa shape index (κ1) is 10.1. The van der Waals surface area contributed by atoms with E-state index >= 15 is 0 Å². The van der Waals surface area contributed by atoms with Crippen LogP contribution in [-0.2, 0) is 38.5 Å². The Morgan fingerprint density at radius 1 is 1.00 bits per heavy atom. The molecule has 3 rings (SSSR count). The van der Waals surface area contributed by atoms with Gasteiger partial charge in [-0.1, -0.05) is 0 Å². The fraction of sp³-hybridized carbons (Fsp3) is 1.00. The van der Waals surface area contributed by atoms with Crippen LogP contribution in [0.2, 0.25) is 0 Å². The molecule has 0 aromatic rings. The third kappa shape index (κ3) is 1.63. The fourth-order valence-electron chi connectivity index (χ4n) is 2.04. The molecule has 2 saturated heterocycles. The van der Waals surface area contributed by atoms with E-state index in [1.165, 1.54) is 0 Å². The second kappa shape index (κ2) is 3.22. The molecule has 9 heteroatoms. The molecule has 15 heavy (non-hydrogen) atoms. The van der Waals surface area contributed by atoms with Crippen LogP contribution in [-0.4, -0.2) is 37.0 Å². The molecule has 0 radical (unpaired) electrons. The fourth-order valence-corrected chi connectivity index (χ4v) is 3.97. The first-order valence-electron chi connectivity index (χ1n) is 4.43. The maximum atomic E-state index is 11.1. The quantitative estimate of drug-likeness (QED) is 0.559. The van der Waals surface area contributed by atoms with Crippen LogP contribution >= 0.6 is 0 Å². The van der Waals surface area contributed by atoms with Crippen molar-refractivity contribution >= 4 is 21.8 Å². The minimum atomic E-state index is -3.92. The van der Waals surface area contributed by atoms with Crippen LogP contribution in [0.25, 0.3) is 0 Å². The third-order valence-corrected chi connectivity index (χ3v) is 4.38. The molecule has 0 spiro atoms. The summed E-state index contributed by atoms with van der Waals surface area (Å²) in [5, 5.41) is 0.